The number of Topliss-reactive ketones (excluding diaryl/α,β-unsaturated/α-hetero) is 1. The molecule has 1 aliphatic carbocycles. The highest BCUT2D eigenvalue weighted by Gasteiger charge is 2.52. The first kappa shape index (κ1) is 22.5. The molecule has 0 unspecified atom stereocenters. The number of carbonyl (C=O) groups is 4. The van der Waals surface area contributed by atoms with E-state index in [0.717, 1.165) is 16.4 Å². The highest BCUT2D eigenvalue weighted by atomic mass is 35.5. The number of amides is 3. The van der Waals surface area contributed by atoms with Gasteiger partial charge >= 0.3 is 0 Å². The van der Waals surface area contributed by atoms with E-state index >= 15 is 0 Å². The lowest BCUT2D eigenvalue weighted by atomic mass is 9.76. The van der Waals surface area contributed by atoms with Gasteiger partial charge in [-0.2, -0.15) is 5.01 Å². The van der Waals surface area contributed by atoms with Crippen LogP contribution in [-0.4, -0.2) is 40.1 Å². The van der Waals surface area contributed by atoms with Crippen LogP contribution in [0.2, 0.25) is 10.0 Å². The van der Waals surface area contributed by atoms with Crippen LogP contribution >= 0.6 is 23.2 Å². The fraction of sp³-hybridized carbons (Fsp3) is 0.333. The number of benzene rings is 2. The summed E-state index contributed by atoms with van der Waals surface area (Å²) < 4.78 is 0. The largest absolute Gasteiger partial charge is 0.292 e. The lowest BCUT2D eigenvalue weighted by Crippen LogP contribution is -2.52. The third-order valence-corrected chi connectivity index (χ3v) is 6.79. The molecule has 3 atom stereocenters. The summed E-state index contributed by atoms with van der Waals surface area (Å²) in [6, 6.07) is 12.6. The van der Waals surface area contributed by atoms with Crippen molar-refractivity contribution in [3.05, 3.63) is 69.7 Å². The fourth-order valence-corrected chi connectivity index (χ4v) is 4.82. The molecule has 1 aliphatic heterocycles. The zero-order valence-corrected chi connectivity index (χ0v) is 19.0. The van der Waals surface area contributed by atoms with E-state index in [-0.39, 0.29) is 10.6 Å². The van der Waals surface area contributed by atoms with E-state index in [0.29, 0.717) is 29.3 Å². The second kappa shape index (κ2) is 9.04. The summed E-state index contributed by atoms with van der Waals surface area (Å²) in [5, 5.41) is 2.47. The number of rotatable bonds is 5. The molecule has 6 nitrogen and oxygen atoms in total. The maximum Gasteiger partial charge on any atom is 0.274 e. The van der Waals surface area contributed by atoms with E-state index in [4.69, 9.17) is 23.2 Å². The summed E-state index contributed by atoms with van der Waals surface area (Å²) in [6.07, 6.45) is 2.02. The van der Waals surface area contributed by atoms with Crippen molar-refractivity contribution in [2.75, 3.05) is 6.54 Å². The molecule has 32 heavy (non-hydrogen) atoms. The molecule has 2 aromatic rings. The van der Waals surface area contributed by atoms with Gasteiger partial charge in [-0.25, -0.2) is 5.01 Å². The lowest BCUT2D eigenvalue weighted by molar-refractivity contribution is -0.154. The van der Waals surface area contributed by atoms with Gasteiger partial charge in [-0.3, -0.25) is 19.2 Å². The van der Waals surface area contributed by atoms with Gasteiger partial charge in [0, 0.05) is 10.6 Å². The van der Waals surface area contributed by atoms with Gasteiger partial charge in [0.05, 0.1) is 22.4 Å². The third-order valence-electron chi connectivity index (χ3n) is 6.20. The number of halogens is 2. The van der Waals surface area contributed by atoms with Gasteiger partial charge in [0.25, 0.3) is 17.7 Å². The number of imide groups is 1. The number of ketones is 1. The van der Waals surface area contributed by atoms with Crippen molar-refractivity contribution in [1.29, 1.82) is 0 Å². The van der Waals surface area contributed by atoms with Gasteiger partial charge in [0.15, 0.2) is 5.78 Å². The molecule has 1 saturated carbocycles. The topological polar surface area (TPSA) is 74.8 Å². The Morgan fingerprint density at radius 3 is 2.31 bits per heavy atom. The Kier molecular flexibility index (Phi) is 6.35. The second-order valence-corrected chi connectivity index (χ2v) is 9.24. The highest BCUT2D eigenvalue weighted by molar-refractivity contribution is 6.34. The molecule has 0 aromatic heterocycles. The van der Waals surface area contributed by atoms with Crippen LogP contribution < -0.4 is 0 Å². The Labute approximate surface area is 196 Å². The Hall–Kier alpha value is -2.70. The minimum absolute atomic E-state index is 0.113. The van der Waals surface area contributed by atoms with Gasteiger partial charge in [-0.05, 0) is 61.6 Å². The van der Waals surface area contributed by atoms with Crippen LogP contribution in [0.25, 0.3) is 0 Å². The molecule has 2 fully saturated rings. The molecule has 1 saturated heterocycles. The molecule has 0 bridgehead atoms. The van der Waals surface area contributed by atoms with Crippen molar-refractivity contribution in [1.82, 2.24) is 10.0 Å². The molecule has 1 heterocycles. The molecule has 0 spiro atoms. The molecule has 2 aliphatic rings. The highest BCUT2D eigenvalue weighted by Crippen LogP contribution is 2.41. The van der Waals surface area contributed by atoms with E-state index in [1.807, 2.05) is 6.92 Å². The first-order chi connectivity index (χ1) is 15.3. The van der Waals surface area contributed by atoms with E-state index in [2.05, 4.69) is 0 Å². The van der Waals surface area contributed by atoms with Crippen LogP contribution in [-0.2, 0) is 9.59 Å². The molecule has 0 N–H and O–H groups in total. The summed E-state index contributed by atoms with van der Waals surface area (Å²) in [6.45, 7) is 1.57. The smallest absolute Gasteiger partial charge is 0.274 e. The quantitative estimate of drug-likeness (QED) is 0.468. The summed E-state index contributed by atoms with van der Waals surface area (Å²) in [7, 11) is 0. The SMILES string of the molecule is C[C@@H]1CC[C@H]2C(=O)N(N(CC(=O)c3ccc(Cl)cc3)C(=O)c3ccccc3Cl)C(=O)[C@@H]2C1. The average Bonchev–Trinajstić information content (AvgIpc) is 3.01. The summed E-state index contributed by atoms with van der Waals surface area (Å²) in [5.41, 5.74) is 0.429. The van der Waals surface area contributed by atoms with Crippen molar-refractivity contribution in [3.8, 4) is 0 Å². The molecule has 166 valence electrons. The van der Waals surface area contributed by atoms with Gasteiger partial charge < -0.3 is 0 Å². The fourth-order valence-electron chi connectivity index (χ4n) is 4.48. The molecule has 4 rings (SSSR count). The van der Waals surface area contributed by atoms with E-state index < -0.39 is 41.9 Å². The summed E-state index contributed by atoms with van der Waals surface area (Å²) >= 11 is 12.1. The van der Waals surface area contributed by atoms with Crippen LogP contribution in [0.1, 0.15) is 46.9 Å². The van der Waals surface area contributed by atoms with Crippen molar-refractivity contribution in [2.24, 2.45) is 17.8 Å². The number of nitrogens with zero attached hydrogens (tertiary/aromatic N) is 2. The molecular weight excluding hydrogens is 451 g/mol. The zero-order chi connectivity index (χ0) is 23.0. The van der Waals surface area contributed by atoms with Crippen molar-refractivity contribution in [2.45, 2.75) is 26.2 Å². The molecular formula is C24H22Cl2N2O4. The number of hydrogen-bond acceptors (Lipinski definition) is 4. The van der Waals surface area contributed by atoms with Gasteiger partial charge in [0.1, 0.15) is 6.54 Å². The van der Waals surface area contributed by atoms with Gasteiger partial charge in [-0.1, -0.05) is 42.3 Å². The van der Waals surface area contributed by atoms with Crippen molar-refractivity contribution >= 4 is 46.7 Å². The van der Waals surface area contributed by atoms with Crippen LogP contribution in [0.4, 0.5) is 0 Å². The van der Waals surface area contributed by atoms with Crippen LogP contribution in [0.5, 0.6) is 0 Å². The van der Waals surface area contributed by atoms with E-state index in [1.165, 1.54) is 18.2 Å². The Balaban J connectivity index is 1.70. The predicted octanol–water partition coefficient (Wildman–Crippen LogP) is 4.65. The number of fused-ring (bicyclic) bond motifs is 1. The van der Waals surface area contributed by atoms with Crippen LogP contribution in [0.3, 0.4) is 0 Å². The summed E-state index contributed by atoms with van der Waals surface area (Å²) in [4.78, 5) is 53.0. The van der Waals surface area contributed by atoms with Crippen LogP contribution in [0, 0.1) is 17.8 Å². The standard InChI is InChI=1S/C24H22Cl2N2O4/c1-14-6-11-17-19(12-14)24(32)28(23(17)31)27(22(30)18-4-2-3-5-20(18)26)13-21(29)15-7-9-16(25)10-8-15/h2-5,7-10,14,17,19H,6,11-13H2,1H3/t14-,17-,19-/m1/s1. The predicted molar refractivity (Wildman–Crippen MR) is 120 cm³/mol. The molecule has 8 heteroatoms. The monoisotopic (exact) mass is 472 g/mol. The minimum Gasteiger partial charge on any atom is -0.292 e. The number of hydrogen-bond donors (Lipinski definition) is 0. The normalized spacial score (nSPS) is 22.6. The second-order valence-electron chi connectivity index (χ2n) is 8.39. The maximum atomic E-state index is 13.5. The van der Waals surface area contributed by atoms with E-state index in [1.54, 1.807) is 30.3 Å². The Morgan fingerprint density at radius 1 is 0.969 bits per heavy atom. The minimum atomic E-state index is -0.675. The molecule has 2 aromatic carbocycles. The Morgan fingerprint density at radius 2 is 1.62 bits per heavy atom. The van der Waals surface area contributed by atoms with Gasteiger partial charge in [0.2, 0.25) is 0 Å². The van der Waals surface area contributed by atoms with E-state index in [9.17, 15) is 19.2 Å². The maximum absolute atomic E-state index is 13.5. The third kappa shape index (κ3) is 4.17. The lowest BCUT2D eigenvalue weighted by Gasteiger charge is -2.30. The zero-order valence-electron chi connectivity index (χ0n) is 17.5. The van der Waals surface area contributed by atoms with Gasteiger partial charge in [-0.15, -0.1) is 0 Å². The number of hydrazine groups is 1. The van der Waals surface area contributed by atoms with Crippen LogP contribution in [0.15, 0.2) is 48.5 Å². The first-order valence-electron chi connectivity index (χ1n) is 10.5. The average molecular weight is 473 g/mol. The number of carbonyl (C=O) groups excluding carboxylic acids is 4. The Bertz CT molecular complexity index is 1090. The summed E-state index contributed by atoms with van der Waals surface area (Å²) in [5.74, 6) is -2.59. The molecule has 3 amide bonds. The van der Waals surface area contributed by atoms with Crippen molar-refractivity contribution in [3.63, 3.8) is 0 Å². The first-order valence-corrected chi connectivity index (χ1v) is 11.3. The van der Waals surface area contributed by atoms with Crippen molar-refractivity contribution < 1.29 is 19.2 Å². The molecule has 0 radical (unpaired) electrons.